The lowest BCUT2D eigenvalue weighted by molar-refractivity contribution is 0.405. The lowest BCUT2D eigenvalue weighted by Gasteiger charge is -2.12. The lowest BCUT2D eigenvalue weighted by atomic mass is 10.2. The minimum Gasteiger partial charge on any atom is -0.497 e. The number of rotatable bonds is 4. The van der Waals surface area contributed by atoms with Gasteiger partial charge in [-0.05, 0) is 24.3 Å². The van der Waals surface area contributed by atoms with Crippen LogP contribution in [0.15, 0.2) is 36.4 Å². The fraction of sp³-hybridized carbons (Fsp3) is 0.154. The van der Waals surface area contributed by atoms with Crippen LogP contribution in [-0.2, 0) is 0 Å². The Morgan fingerprint density at radius 2 is 1.94 bits per heavy atom. The van der Waals surface area contributed by atoms with Crippen LogP contribution in [0.5, 0.6) is 11.5 Å². The average Bonchev–Trinajstić information content (AvgIpc) is 2.38. The number of hydrogen-bond donors (Lipinski definition) is 1. The number of nitrogens with one attached hydrogen (secondary N) is 1. The van der Waals surface area contributed by atoms with Crippen molar-refractivity contribution in [3.63, 3.8) is 0 Å². The Hall–Kier alpha value is -1.94. The molecule has 1 aromatic carbocycles. The van der Waals surface area contributed by atoms with Crippen LogP contribution in [-0.4, -0.2) is 19.2 Å². The third kappa shape index (κ3) is 2.84. The molecule has 2 rings (SSSR count). The SMILES string of the molecule is COc1ccc(OC)c(Nc2cccc(Cl)n2)c1. The number of ether oxygens (including phenoxy) is 2. The maximum absolute atomic E-state index is 5.84. The number of nitrogens with zero attached hydrogens (tertiary/aromatic N) is 1. The van der Waals surface area contributed by atoms with Crippen molar-refractivity contribution in [3.05, 3.63) is 41.6 Å². The fourth-order valence-corrected chi connectivity index (χ4v) is 1.69. The molecule has 0 saturated carbocycles. The van der Waals surface area contributed by atoms with Gasteiger partial charge >= 0.3 is 0 Å². The van der Waals surface area contributed by atoms with Crippen molar-refractivity contribution in [3.8, 4) is 11.5 Å². The van der Waals surface area contributed by atoms with Crippen LogP contribution >= 0.6 is 11.6 Å². The van der Waals surface area contributed by atoms with Crippen molar-refractivity contribution in [2.75, 3.05) is 19.5 Å². The molecular weight excluding hydrogens is 252 g/mol. The number of aromatic nitrogens is 1. The summed E-state index contributed by atoms with van der Waals surface area (Å²) in [5, 5.41) is 3.57. The van der Waals surface area contributed by atoms with E-state index in [4.69, 9.17) is 21.1 Å². The highest BCUT2D eigenvalue weighted by Gasteiger charge is 2.06. The van der Waals surface area contributed by atoms with E-state index >= 15 is 0 Å². The maximum atomic E-state index is 5.84. The Kier molecular flexibility index (Phi) is 3.89. The molecule has 0 radical (unpaired) electrons. The van der Waals surface area contributed by atoms with Gasteiger partial charge in [0.1, 0.15) is 22.5 Å². The molecule has 0 unspecified atom stereocenters. The Balaban J connectivity index is 2.32. The molecule has 5 heteroatoms. The largest absolute Gasteiger partial charge is 0.497 e. The van der Waals surface area contributed by atoms with Gasteiger partial charge in [-0.25, -0.2) is 4.98 Å². The summed E-state index contributed by atoms with van der Waals surface area (Å²) in [5.74, 6) is 2.09. The van der Waals surface area contributed by atoms with Crippen molar-refractivity contribution in [1.82, 2.24) is 4.98 Å². The average molecular weight is 265 g/mol. The quantitative estimate of drug-likeness (QED) is 0.859. The third-order valence-corrected chi connectivity index (χ3v) is 2.59. The zero-order chi connectivity index (χ0) is 13.0. The molecule has 1 aromatic heterocycles. The van der Waals surface area contributed by atoms with E-state index in [1.54, 1.807) is 20.3 Å². The number of hydrogen-bond acceptors (Lipinski definition) is 4. The molecule has 18 heavy (non-hydrogen) atoms. The summed E-state index contributed by atoms with van der Waals surface area (Å²) < 4.78 is 10.4. The van der Waals surface area contributed by atoms with Gasteiger partial charge in [0.05, 0.1) is 19.9 Å². The van der Waals surface area contributed by atoms with Gasteiger partial charge < -0.3 is 14.8 Å². The van der Waals surface area contributed by atoms with Crippen LogP contribution in [0.4, 0.5) is 11.5 Å². The van der Waals surface area contributed by atoms with Crippen molar-refractivity contribution in [1.29, 1.82) is 0 Å². The lowest BCUT2D eigenvalue weighted by Crippen LogP contribution is -1.97. The Morgan fingerprint density at radius 1 is 1.11 bits per heavy atom. The maximum Gasteiger partial charge on any atom is 0.142 e. The van der Waals surface area contributed by atoms with Crippen LogP contribution in [0.3, 0.4) is 0 Å². The molecule has 1 N–H and O–H groups in total. The summed E-state index contributed by atoms with van der Waals surface area (Å²) in [5.41, 5.74) is 0.770. The summed E-state index contributed by atoms with van der Waals surface area (Å²) in [6.07, 6.45) is 0. The van der Waals surface area contributed by atoms with Gasteiger partial charge in [0.25, 0.3) is 0 Å². The van der Waals surface area contributed by atoms with Crippen LogP contribution in [0.2, 0.25) is 5.15 Å². The third-order valence-electron chi connectivity index (χ3n) is 2.38. The van der Waals surface area contributed by atoms with Gasteiger partial charge in [-0.1, -0.05) is 17.7 Å². The highest BCUT2D eigenvalue weighted by atomic mass is 35.5. The van der Waals surface area contributed by atoms with E-state index < -0.39 is 0 Å². The first kappa shape index (κ1) is 12.5. The molecule has 0 aliphatic carbocycles. The van der Waals surface area contributed by atoms with Gasteiger partial charge in [-0.2, -0.15) is 0 Å². The molecule has 0 amide bonds. The second-order valence-electron chi connectivity index (χ2n) is 3.54. The highest BCUT2D eigenvalue weighted by Crippen LogP contribution is 2.31. The van der Waals surface area contributed by atoms with E-state index in [0.29, 0.717) is 16.7 Å². The Bertz CT molecular complexity index is 546. The van der Waals surface area contributed by atoms with Gasteiger partial charge in [0.2, 0.25) is 0 Å². The minimum absolute atomic E-state index is 0.432. The molecule has 0 atom stereocenters. The van der Waals surface area contributed by atoms with Crippen molar-refractivity contribution in [2.24, 2.45) is 0 Å². The summed E-state index contributed by atoms with van der Waals surface area (Å²) >= 11 is 5.84. The first-order chi connectivity index (χ1) is 8.72. The number of anilines is 2. The molecule has 0 saturated heterocycles. The monoisotopic (exact) mass is 264 g/mol. The predicted molar refractivity (Wildman–Crippen MR) is 72.1 cm³/mol. The summed E-state index contributed by atoms with van der Waals surface area (Å²) in [4.78, 5) is 4.16. The second-order valence-corrected chi connectivity index (χ2v) is 3.92. The van der Waals surface area contributed by atoms with Crippen molar-refractivity contribution in [2.45, 2.75) is 0 Å². The van der Waals surface area contributed by atoms with E-state index in [-0.39, 0.29) is 0 Å². The van der Waals surface area contributed by atoms with E-state index in [9.17, 15) is 0 Å². The van der Waals surface area contributed by atoms with Crippen LogP contribution in [0.1, 0.15) is 0 Å². The van der Waals surface area contributed by atoms with Gasteiger partial charge in [0.15, 0.2) is 0 Å². The first-order valence-corrected chi connectivity index (χ1v) is 5.72. The Morgan fingerprint density at radius 3 is 2.61 bits per heavy atom. The smallest absolute Gasteiger partial charge is 0.142 e. The molecule has 0 aliphatic rings. The number of halogens is 1. The van der Waals surface area contributed by atoms with E-state index in [2.05, 4.69) is 10.3 Å². The van der Waals surface area contributed by atoms with E-state index in [1.807, 2.05) is 30.3 Å². The molecular formula is C13H13ClN2O2. The highest BCUT2D eigenvalue weighted by molar-refractivity contribution is 6.29. The predicted octanol–water partition coefficient (Wildman–Crippen LogP) is 3.50. The van der Waals surface area contributed by atoms with Crippen LogP contribution in [0.25, 0.3) is 0 Å². The number of methoxy groups -OCH3 is 2. The zero-order valence-corrected chi connectivity index (χ0v) is 10.9. The fourth-order valence-electron chi connectivity index (χ4n) is 1.53. The standard InChI is InChI=1S/C13H13ClN2O2/c1-17-9-6-7-11(18-2)10(8-9)15-13-5-3-4-12(14)16-13/h3-8H,1-2H3,(H,15,16). The second kappa shape index (κ2) is 5.60. The minimum atomic E-state index is 0.432. The topological polar surface area (TPSA) is 43.4 Å². The molecule has 0 bridgehead atoms. The van der Waals surface area contributed by atoms with Gasteiger partial charge in [-0.3, -0.25) is 0 Å². The van der Waals surface area contributed by atoms with Crippen molar-refractivity contribution >= 4 is 23.1 Å². The van der Waals surface area contributed by atoms with Gasteiger partial charge in [0, 0.05) is 6.07 Å². The first-order valence-electron chi connectivity index (χ1n) is 5.34. The van der Waals surface area contributed by atoms with E-state index in [1.165, 1.54) is 0 Å². The van der Waals surface area contributed by atoms with Gasteiger partial charge in [-0.15, -0.1) is 0 Å². The molecule has 0 aliphatic heterocycles. The molecule has 4 nitrogen and oxygen atoms in total. The molecule has 94 valence electrons. The molecule has 0 fully saturated rings. The summed E-state index contributed by atoms with van der Waals surface area (Å²) in [6.45, 7) is 0. The number of pyridine rings is 1. The normalized spacial score (nSPS) is 9.94. The van der Waals surface area contributed by atoms with Crippen LogP contribution < -0.4 is 14.8 Å². The molecule has 0 spiro atoms. The molecule has 2 aromatic rings. The van der Waals surface area contributed by atoms with Crippen LogP contribution in [0, 0.1) is 0 Å². The summed E-state index contributed by atoms with van der Waals surface area (Å²) in [6, 6.07) is 10.9. The Labute approximate surface area is 111 Å². The zero-order valence-electron chi connectivity index (χ0n) is 10.1. The molecule has 1 heterocycles. The van der Waals surface area contributed by atoms with Crippen molar-refractivity contribution < 1.29 is 9.47 Å². The number of benzene rings is 1. The van der Waals surface area contributed by atoms with E-state index in [0.717, 1.165) is 11.4 Å². The summed E-state index contributed by atoms with van der Waals surface area (Å²) in [7, 11) is 3.22.